The van der Waals surface area contributed by atoms with Crippen molar-refractivity contribution in [3.8, 4) is 0 Å². The van der Waals surface area contributed by atoms with Gasteiger partial charge in [0.15, 0.2) is 0 Å². The molecule has 0 amide bonds. The van der Waals surface area contributed by atoms with E-state index in [1.54, 1.807) is 0 Å². The zero-order valence-corrected chi connectivity index (χ0v) is 12.1. The summed E-state index contributed by atoms with van der Waals surface area (Å²) in [6.07, 6.45) is 1.11. The number of nitrogens with one attached hydrogen (secondary N) is 1. The van der Waals surface area contributed by atoms with Gasteiger partial charge in [-0.1, -0.05) is 0 Å². The van der Waals surface area contributed by atoms with Gasteiger partial charge in [0, 0.05) is 23.8 Å². The molecule has 0 radical (unpaired) electrons. The number of esters is 1. The van der Waals surface area contributed by atoms with Crippen LogP contribution in [-0.4, -0.2) is 38.3 Å². The van der Waals surface area contributed by atoms with E-state index in [2.05, 4.69) is 24.1 Å². The van der Waals surface area contributed by atoms with Gasteiger partial charge < -0.3 is 15.0 Å². The summed E-state index contributed by atoms with van der Waals surface area (Å²) in [4.78, 5) is 13.8. The molecular formula is C15H22N2O2. The van der Waals surface area contributed by atoms with E-state index in [1.807, 2.05) is 31.3 Å². The Morgan fingerprint density at radius 2 is 2.00 bits per heavy atom. The second kappa shape index (κ2) is 5.21. The molecule has 19 heavy (non-hydrogen) atoms. The molecule has 1 N–H and O–H groups in total. The minimum Gasteiger partial charge on any atom is -0.465 e. The van der Waals surface area contributed by atoms with E-state index in [9.17, 15) is 4.79 Å². The molecule has 0 saturated carbocycles. The Hall–Kier alpha value is -1.55. The highest BCUT2D eigenvalue weighted by atomic mass is 16.5. The zero-order chi connectivity index (χ0) is 14.0. The summed E-state index contributed by atoms with van der Waals surface area (Å²) in [5.74, 6) is -0.291. The average molecular weight is 262 g/mol. The predicted molar refractivity (Wildman–Crippen MR) is 76.7 cm³/mol. The third-order valence-corrected chi connectivity index (χ3v) is 3.89. The van der Waals surface area contributed by atoms with Crippen molar-refractivity contribution in [3.05, 3.63) is 29.8 Å². The number of rotatable bonds is 3. The topological polar surface area (TPSA) is 41.6 Å². The summed E-state index contributed by atoms with van der Waals surface area (Å²) in [7, 11) is 3.40. The monoisotopic (exact) mass is 262 g/mol. The Morgan fingerprint density at radius 1 is 1.37 bits per heavy atom. The van der Waals surface area contributed by atoms with E-state index in [-0.39, 0.29) is 11.5 Å². The number of ether oxygens (including phenoxy) is 1. The standard InChI is InChI=1S/C15H22N2O2/c1-15(2)9-12(16-3)10-17(15)13-7-5-11(6-8-13)14(18)19-4/h5-8,12,16H,9-10H2,1-4H3. The third kappa shape index (κ3) is 2.73. The van der Waals surface area contributed by atoms with Gasteiger partial charge in [0.05, 0.1) is 12.7 Å². The van der Waals surface area contributed by atoms with Crippen LogP contribution in [0.1, 0.15) is 30.6 Å². The number of carbonyl (C=O) groups excluding carboxylic acids is 1. The highest BCUT2D eigenvalue weighted by molar-refractivity contribution is 5.89. The number of hydrogen-bond donors (Lipinski definition) is 1. The number of likely N-dealkylation sites (N-methyl/N-ethyl adjacent to an activating group) is 1. The molecule has 0 bridgehead atoms. The summed E-state index contributed by atoms with van der Waals surface area (Å²) in [5.41, 5.74) is 1.87. The fourth-order valence-corrected chi connectivity index (χ4v) is 2.79. The van der Waals surface area contributed by atoms with Crippen molar-refractivity contribution in [1.82, 2.24) is 5.32 Å². The maximum Gasteiger partial charge on any atom is 0.337 e. The van der Waals surface area contributed by atoms with Gasteiger partial charge >= 0.3 is 5.97 Å². The number of anilines is 1. The molecule has 0 spiro atoms. The van der Waals surface area contributed by atoms with Gasteiger partial charge in [-0.25, -0.2) is 4.79 Å². The largest absolute Gasteiger partial charge is 0.465 e. The Bertz CT molecular complexity index is 454. The summed E-state index contributed by atoms with van der Waals surface area (Å²) < 4.78 is 4.71. The first-order valence-electron chi connectivity index (χ1n) is 6.61. The SMILES string of the molecule is CNC1CN(c2ccc(C(=O)OC)cc2)C(C)(C)C1. The number of methoxy groups -OCH3 is 1. The van der Waals surface area contributed by atoms with Crippen molar-refractivity contribution in [2.45, 2.75) is 31.8 Å². The van der Waals surface area contributed by atoms with E-state index in [0.717, 1.165) is 18.7 Å². The van der Waals surface area contributed by atoms with Crippen LogP contribution < -0.4 is 10.2 Å². The minimum atomic E-state index is -0.291. The molecule has 0 aromatic heterocycles. The first-order chi connectivity index (χ1) is 8.97. The summed E-state index contributed by atoms with van der Waals surface area (Å²) in [6.45, 7) is 5.48. The normalized spacial score (nSPS) is 21.5. The number of carbonyl (C=O) groups is 1. The molecule has 1 aliphatic rings. The second-order valence-corrected chi connectivity index (χ2v) is 5.65. The lowest BCUT2D eigenvalue weighted by atomic mass is 10.00. The molecule has 1 saturated heterocycles. The van der Waals surface area contributed by atoms with Crippen LogP contribution in [0, 0.1) is 0 Å². The van der Waals surface area contributed by atoms with Crippen molar-refractivity contribution in [3.63, 3.8) is 0 Å². The van der Waals surface area contributed by atoms with E-state index in [1.165, 1.54) is 7.11 Å². The molecule has 1 unspecified atom stereocenters. The van der Waals surface area contributed by atoms with E-state index in [4.69, 9.17) is 4.74 Å². The molecule has 1 atom stereocenters. The summed E-state index contributed by atoms with van der Waals surface area (Å²) in [5, 5.41) is 3.34. The molecular weight excluding hydrogens is 240 g/mol. The number of benzene rings is 1. The van der Waals surface area contributed by atoms with Gasteiger partial charge in [-0.3, -0.25) is 0 Å². The first-order valence-corrected chi connectivity index (χ1v) is 6.61. The van der Waals surface area contributed by atoms with Crippen LogP contribution >= 0.6 is 0 Å². The molecule has 1 aromatic carbocycles. The molecule has 1 fully saturated rings. The molecule has 0 aliphatic carbocycles. The van der Waals surface area contributed by atoms with Gasteiger partial charge in [-0.05, 0) is 51.6 Å². The van der Waals surface area contributed by atoms with Crippen molar-refractivity contribution in [2.75, 3.05) is 25.6 Å². The van der Waals surface area contributed by atoms with Crippen molar-refractivity contribution >= 4 is 11.7 Å². The van der Waals surface area contributed by atoms with Crippen LogP contribution in [-0.2, 0) is 4.74 Å². The summed E-state index contributed by atoms with van der Waals surface area (Å²) >= 11 is 0. The van der Waals surface area contributed by atoms with Gasteiger partial charge in [-0.15, -0.1) is 0 Å². The van der Waals surface area contributed by atoms with Gasteiger partial charge in [0.25, 0.3) is 0 Å². The van der Waals surface area contributed by atoms with Crippen LogP contribution in [0.2, 0.25) is 0 Å². The minimum absolute atomic E-state index is 0.125. The lowest BCUT2D eigenvalue weighted by molar-refractivity contribution is 0.0601. The van der Waals surface area contributed by atoms with Crippen LogP contribution in [0.15, 0.2) is 24.3 Å². The van der Waals surface area contributed by atoms with Crippen LogP contribution in [0.3, 0.4) is 0 Å². The lowest BCUT2D eigenvalue weighted by Gasteiger charge is -2.33. The zero-order valence-electron chi connectivity index (χ0n) is 12.1. The summed E-state index contributed by atoms with van der Waals surface area (Å²) in [6, 6.07) is 8.14. The molecule has 4 nitrogen and oxygen atoms in total. The lowest BCUT2D eigenvalue weighted by Crippen LogP contribution is -2.38. The average Bonchev–Trinajstić information content (AvgIpc) is 2.73. The highest BCUT2D eigenvalue weighted by Gasteiger charge is 2.37. The predicted octanol–water partition coefficient (Wildman–Crippen LogP) is 2.05. The van der Waals surface area contributed by atoms with Crippen LogP contribution in [0.25, 0.3) is 0 Å². The Kier molecular flexibility index (Phi) is 3.80. The third-order valence-electron chi connectivity index (χ3n) is 3.89. The van der Waals surface area contributed by atoms with Gasteiger partial charge in [-0.2, -0.15) is 0 Å². The van der Waals surface area contributed by atoms with Crippen molar-refractivity contribution < 1.29 is 9.53 Å². The molecule has 4 heteroatoms. The Labute approximate surface area is 114 Å². The molecule has 1 aliphatic heterocycles. The smallest absolute Gasteiger partial charge is 0.337 e. The van der Waals surface area contributed by atoms with E-state index < -0.39 is 0 Å². The number of nitrogens with zero attached hydrogens (tertiary/aromatic N) is 1. The first kappa shape index (κ1) is 13.9. The molecule has 1 aromatic rings. The maximum atomic E-state index is 11.4. The molecule has 2 rings (SSSR count). The van der Waals surface area contributed by atoms with Crippen molar-refractivity contribution in [1.29, 1.82) is 0 Å². The van der Waals surface area contributed by atoms with E-state index >= 15 is 0 Å². The van der Waals surface area contributed by atoms with Crippen LogP contribution in [0.5, 0.6) is 0 Å². The Morgan fingerprint density at radius 3 is 2.47 bits per heavy atom. The van der Waals surface area contributed by atoms with Gasteiger partial charge in [0.2, 0.25) is 0 Å². The Balaban J connectivity index is 2.20. The quantitative estimate of drug-likeness (QED) is 0.847. The second-order valence-electron chi connectivity index (χ2n) is 5.65. The molecule has 104 valence electrons. The molecule has 1 heterocycles. The van der Waals surface area contributed by atoms with E-state index in [0.29, 0.717) is 11.6 Å². The fraction of sp³-hybridized carbons (Fsp3) is 0.533. The number of hydrogen-bond acceptors (Lipinski definition) is 4. The van der Waals surface area contributed by atoms with Crippen molar-refractivity contribution in [2.24, 2.45) is 0 Å². The van der Waals surface area contributed by atoms with Crippen LogP contribution in [0.4, 0.5) is 5.69 Å². The maximum absolute atomic E-state index is 11.4. The highest BCUT2D eigenvalue weighted by Crippen LogP contribution is 2.33. The van der Waals surface area contributed by atoms with Gasteiger partial charge in [0.1, 0.15) is 0 Å². The fourth-order valence-electron chi connectivity index (χ4n) is 2.79.